The maximum atomic E-state index is 12.8. The Labute approximate surface area is 318 Å². The van der Waals surface area contributed by atoms with Gasteiger partial charge < -0.3 is 25.0 Å². The van der Waals surface area contributed by atoms with E-state index >= 15 is 0 Å². The molecule has 57 heavy (non-hydrogen) atoms. The van der Waals surface area contributed by atoms with E-state index in [1.807, 2.05) is 0 Å². The Hall–Kier alpha value is -8.13. The number of carbonyl (C=O) groups excluding carboxylic acids is 2. The molecule has 0 heterocycles. The van der Waals surface area contributed by atoms with Crippen LogP contribution in [0.15, 0.2) is 151 Å². The SMILES string of the molecule is CC(=O)Nc1cc(S(=O)(=O)O)cc2ccc(N=Nc3ccc(OCCOc4cc(C(=O)N/N=N/N=N/N=N/N=N/N=N/N=N)c(O)c5ccccc45)cc3)c(O)c12. The predicted molar refractivity (Wildman–Crippen MR) is 194 cm³/mol. The molecule has 0 saturated carbocycles. The number of anilines is 1. The van der Waals surface area contributed by atoms with Crippen LogP contribution in [0.5, 0.6) is 23.0 Å². The molecule has 0 fully saturated rings. The van der Waals surface area contributed by atoms with Crippen LogP contribution in [0.2, 0.25) is 0 Å². The Morgan fingerprint density at radius 1 is 0.754 bits per heavy atom. The molecule has 0 spiro atoms. The van der Waals surface area contributed by atoms with E-state index in [0.29, 0.717) is 22.2 Å². The van der Waals surface area contributed by atoms with Gasteiger partial charge in [0.2, 0.25) is 5.91 Å². The van der Waals surface area contributed by atoms with E-state index < -0.39 is 26.8 Å². The second kappa shape index (κ2) is 18.8. The Kier molecular flexibility index (Phi) is 13.2. The van der Waals surface area contributed by atoms with Gasteiger partial charge in [-0.1, -0.05) is 30.3 Å². The van der Waals surface area contributed by atoms with Gasteiger partial charge in [-0.2, -0.15) is 19.1 Å². The summed E-state index contributed by atoms with van der Waals surface area (Å²) >= 11 is 0. The first kappa shape index (κ1) is 40.1. The molecule has 0 atom stereocenters. The number of amides is 2. The molecule has 0 bridgehead atoms. The van der Waals surface area contributed by atoms with Gasteiger partial charge in [0.15, 0.2) is 5.75 Å². The molecule has 0 aromatic heterocycles. The van der Waals surface area contributed by atoms with E-state index in [-0.39, 0.29) is 58.2 Å². The molecule has 6 N–H and O–H groups in total. The van der Waals surface area contributed by atoms with E-state index in [1.54, 1.807) is 48.5 Å². The Bertz CT molecular complexity index is 2620. The van der Waals surface area contributed by atoms with Crippen LogP contribution < -0.4 is 20.2 Å². The van der Waals surface area contributed by atoms with Crippen molar-refractivity contribution >= 4 is 60.5 Å². The number of rotatable bonds is 16. The van der Waals surface area contributed by atoms with Gasteiger partial charge >= 0.3 is 0 Å². The summed E-state index contributed by atoms with van der Waals surface area (Å²) < 4.78 is 44.7. The summed E-state index contributed by atoms with van der Waals surface area (Å²) in [5, 5.41) is 66.8. The van der Waals surface area contributed by atoms with Crippen molar-refractivity contribution in [1.82, 2.24) is 5.43 Å². The zero-order chi connectivity index (χ0) is 40.8. The van der Waals surface area contributed by atoms with Crippen LogP contribution in [-0.4, -0.2) is 48.2 Å². The fraction of sp³-hybridized carbons (Fsp3) is 0.0968. The van der Waals surface area contributed by atoms with Crippen molar-refractivity contribution in [3.05, 3.63) is 84.4 Å². The molecule has 0 aliphatic carbocycles. The smallest absolute Gasteiger partial charge is 0.294 e. The summed E-state index contributed by atoms with van der Waals surface area (Å²) in [4.78, 5) is 24.1. The Balaban J connectivity index is 1.20. The number of carbonyl (C=O) groups is 2. The third-order valence-electron chi connectivity index (χ3n) is 7.15. The highest BCUT2D eigenvalue weighted by molar-refractivity contribution is 7.85. The molecule has 26 heteroatoms. The van der Waals surface area contributed by atoms with Crippen LogP contribution in [0.4, 0.5) is 17.1 Å². The van der Waals surface area contributed by atoms with Gasteiger partial charge in [-0.05, 0) is 111 Å². The van der Waals surface area contributed by atoms with Crippen molar-refractivity contribution in [1.29, 1.82) is 5.53 Å². The number of ether oxygens (including phenoxy) is 2. The van der Waals surface area contributed by atoms with Crippen LogP contribution in [-0.2, 0) is 14.9 Å². The molecule has 0 aliphatic heterocycles. The molecule has 0 unspecified atom stereocenters. The molecular weight excluding hydrogens is 773 g/mol. The summed E-state index contributed by atoms with van der Waals surface area (Å²) in [5.74, 6) is -1.40. The summed E-state index contributed by atoms with van der Waals surface area (Å²) in [5.41, 5.74) is 8.61. The molecule has 5 rings (SSSR count). The third-order valence-corrected chi connectivity index (χ3v) is 7.99. The average Bonchev–Trinajstić information content (AvgIpc) is 3.18. The summed E-state index contributed by atoms with van der Waals surface area (Å²) in [6, 6.07) is 19.4. The first-order chi connectivity index (χ1) is 27.5. The molecule has 0 aliphatic rings. The lowest BCUT2D eigenvalue weighted by Crippen LogP contribution is -2.17. The molecule has 0 saturated heterocycles. The lowest BCUT2D eigenvalue weighted by Gasteiger charge is -2.14. The molecule has 0 radical (unpaired) electrons. The summed E-state index contributed by atoms with van der Waals surface area (Å²) in [7, 11) is -4.61. The number of nitrogens with zero attached hydrogens (tertiary/aromatic N) is 13. The van der Waals surface area contributed by atoms with E-state index in [4.69, 9.17) is 15.0 Å². The molecule has 5 aromatic rings. The van der Waals surface area contributed by atoms with Gasteiger partial charge in [-0.15, -0.1) is 5.11 Å². The van der Waals surface area contributed by atoms with Gasteiger partial charge in [0.05, 0.1) is 21.8 Å². The van der Waals surface area contributed by atoms with Crippen molar-refractivity contribution in [3.8, 4) is 23.0 Å². The zero-order valence-electron chi connectivity index (χ0n) is 28.9. The molecule has 290 valence electrons. The maximum absolute atomic E-state index is 12.8. The largest absolute Gasteiger partial charge is 0.506 e. The second-order valence-electron chi connectivity index (χ2n) is 10.8. The van der Waals surface area contributed by atoms with E-state index in [9.17, 15) is 32.8 Å². The summed E-state index contributed by atoms with van der Waals surface area (Å²) in [6.07, 6.45) is 0. The lowest BCUT2D eigenvalue weighted by atomic mass is 10.0. The number of hydrogen-bond acceptors (Lipinski definition) is 12. The fourth-order valence-electron chi connectivity index (χ4n) is 4.87. The fourth-order valence-corrected chi connectivity index (χ4v) is 5.41. The standard InChI is InChI=1S/C31H26N16O9S/c1-17(48)33-26-15-21(57(52,53)54)14-18-6-11-25(30(50)28(18)26)35-34-19-7-9-20(10-8-19)55-12-13-56-27-16-24(29(49)23-5-3-2-4-22(23)27)31(51)36-38-40-42-44-46-47-45-43-41-39-37-32/h2-11,14-16,49-50H,12-13H2,1H3,(H,33,48)(H,52,53,54)(H2,32,36,39,40,43,44,47,51). The highest BCUT2D eigenvalue weighted by Crippen LogP contribution is 2.41. The average molecular weight is 799 g/mol. The highest BCUT2D eigenvalue weighted by atomic mass is 32.2. The number of nitrogens with one attached hydrogen (secondary N) is 3. The van der Waals surface area contributed by atoms with Gasteiger partial charge in [0.25, 0.3) is 16.0 Å². The number of benzene rings is 5. The molecule has 5 aromatic carbocycles. The Morgan fingerprint density at radius 3 is 2.07 bits per heavy atom. The van der Waals surface area contributed by atoms with E-state index in [1.165, 1.54) is 25.1 Å². The number of phenolic OH excluding ortho intramolecular Hbond substituents is 2. The van der Waals surface area contributed by atoms with Gasteiger partial charge in [0.1, 0.15) is 36.1 Å². The second-order valence-corrected chi connectivity index (χ2v) is 12.2. The molecule has 2 amide bonds. The molecular formula is C31H26N16O9S. The molecule has 25 nitrogen and oxygen atoms in total. The quantitative estimate of drug-likeness (QED) is 0.0243. The number of phenols is 2. The zero-order valence-corrected chi connectivity index (χ0v) is 29.7. The maximum Gasteiger partial charge on any atom is 0.294 e. The number of hydrogen-bond donors (Lipinski definition) is 6. The number of aromatic hydroxyl groups is 2. The van der Waals surface area contributed by atoms with Gasteiger partial charge in [-0.25, -0.2) is 5.43 Å². The van der Waals surface area contributed by atoms with Crippen molar-refractivity contribution in [2.45, 2.75) is 11.8 Å². The number of fused-ring (bicyclic) bond motifs is 2. The van der Waals surface area contributed by atoms with Crippen molar-refractivity contribution in [2.24, 2.45) is 67.7 Å². The first-order valence-electron chi connectivity index (χ1n) is 15.7. The van der Waals surface area contributed by atoms with Crippen LogP contribution >= 0.6 is 0 Å². The van der Waals surface area contributed by atoms with Crippen LogP contribution in [0.3, 0.4) is 0 Å². The monoisotopic (exact) mass is 798 g/mol. The number of azo groups is 1. The highest BCUT2D eigenvalue weighted by Gasteiger charge is 2.19. The minimum Gasteiger partial charge on any atom is -0.506 e. The van der Waals surface area contributed by atoms with Crippen LogP contribution in [0.1, 0.15) is 17.3 Å². The minimum absolute atomic E-state index is 0.0179. The summed E-state index contributed by atoms with van der Waals surface area (Å²) in [6.45, 7) is 1.30. The van der Waals surface area contributed by atoms with Crippen molar-refractivity contribution in [2.75, 3.05) is 18.5 Å². The van der Waals surface area contributed by atoms with Crippen molar-refractivity contribution in [3.63, 3.8) is 0 Å². The predicted octanol–water partition coefficient (Wildman–Crippen LogP) is 7.99. The topological polar surface area (TPSA) is 356 Å². The van der Waals surface area contributed by atoms with Crippen LogP contribution in [0, 0.1) is 5.53 Å². The minimum atomic E-state index is -4.61. The lowest BCUT2D eigenvalue weighted by molar-refractivity contribution is -0.114. The van der Waals surface area contributed by atoms with Gasteiger partial charge in [0, 0.05) is 23.1 Å². The Morgan fingerprint density at radius 2 is 1.40 bits per heavy atom. The normalized spacial score (nSPS) is 12.2. The van der Waals surface area contributed by atoms with E-state index in [0.717, 1.165) is 12.1 Å². The van der Waals surface area contributed by atoms with Gasteiger partial charge in [-0.3, -0.25) is 14.1 Å². The van der Waals surface area contributed by atoms with Crippen molar-refractivity contribution < 1.29 is 42.2 Å². The van der Waals surface area contributed by atoms with Crippen LogP contribution in [0.25, 0.3) is 21.5 Å². The third kappa shape index (κ3) is 10.7. The van der Waals surface area contributed by atoms with E-state index in [2.05, 4.69) is 78.4 Å². The first-order valence-corrected chi connectivity index (χ1v) is 17.1.